The number of carbonyl (C=O) groups excluding carboxylic acids is 2. The zero-order chi connectivity index (χ0) is 16.3. The highest BCUT2D eigenvalue weighted by molar-refractivity contribution is 6.34. The number of halogens is 2. The summed E-state index contributed by atoms with van der Waals surface area (Å²) in [6, 6.07) is 4.97. The molecule has 0 aliphatic carbocycles. The molecule has 5 nitrogen and oxygen atoms in total. The molecule has 2 N–H and O–H groups in total. The maximum atomic E-state index is 12.6. The van der Waals surface area contributed by atoms with Crippen LogP contribution in [0.15, 0.2) is 18.2 Å². The van der Waals surface area contributed by atoms with E-state index in [2.05, 4.69) is 10.6 Å². The van der Waals surface area contributed by atoms with E-state index >= 15 is 0 Å². The molecule has 1 aromatic rings. The zero-order valence-electron chi connectivity index (χ0n) is 13.6. The van der Waals surface area contributed by atoms with Gasteiger partial charge in [-0.2, -0.15) is 0 Å². The van der Waals surface area contributed by atoms with Crippen molar-refractivity contribution in [3.05, 3.63) is 28.8 Å². The molecule has 1 saturated heterocycles. The maximum absolute atomic E-state index is 12.6. The Morgan fingerprint density at radius 1 is 1.39 bits per heavy atom. The number of anilines is 1. The minimum atomic E-state index is -0.509. The van der Waals surface area contributed by atoms with Crippen molar-refractivity contribution in [1.82, 2.24) is 10.2 Å². The fourth-order valence-electron chi connectivity index (χ4n) is 2.72. The largest absolute Gasteiger partial charge is 0.345 e. The standard InChI is InChI=1S/C16H22ClN3O2.ClH/c1-4-16(8-5-9-18-16)15(22)19-11-6-7-13(17)12(10-11)14(21)20(2)3;/h6-7,10,18H,4-5,8-9H2,1-3H3,(H,19,22);1H. The van der Waals surface area contributed by atoms with Crippen molar-refractivity contribution >= 4 is 41.5 Å². The topological polar surface area (TPSA) is 61.4 Å². The summed E-state index contributed by atoms with van der Waals surface area (Å²) in [5, 5.41) is 6.58. The van der Waals surface area contributed by atoms with Gasteiger partial charge in [-0.3, -0.25) is 9.59 Å². The Bertz CT molecular complexity index is 585. The normalized spacial score (nSPS) is 19.8. The summed E-state index contributed by atoms with van der Waals surface area (Å²) in [4.78, 5) is 26.1. The van der Waals surface area contributed by atoms with E-state index in [1.54, 1.807) is 32.3 Å². The van der Waals surface area contributed by atoms with Crippen LogP contribution in [0.25, 0.3) is 0 Å². The van der Waals surface area contributed by atoms with Crippen LogP contribution < -0.4 is 10.6 Å². The van der Waals surface area contributed by atoms with Gasteiger partial charge in [0.25, 0.3) is 5.91 Å². The summed E-state index contributed by atoms with van der Waals surface area (Å²) in [7, 11) is 3.33. The van der Waals surface area contributed by atoms with Crippen LogP contribution in [0, 0.1) is 0 Å². The highest BCUT2D eigenvalue weighted by Gasteiger charge is 2.39. The average Bonchev–Trinajstić information content (AvgIpc) is 2.98. The number of hydrogen-bond acceptors (Lipinski definition) is 3. The highest BCUT2D eigenvalue weighted by Crippen LogP contribution is 2.26. The van der Waals surface area contributed by atoms with Gasteiger partial charge in [0.15, 0.2) is 0 Å². The zero-order valence-corrected chi connectivity index (χ0v) is 15.2. The second kappa shape index (κ2) is 7.99. The number of carbonyl (C=O) groups is 2. The predicted octanol–water partition coefficient (Wildman–Crippen LogP) is 2.93. The molecule has 128 valence electrons. The van der Waals surface area contributed by atoms with Crippen LogP contribution in [0.3, 0.4) is 0 Å². The lowest BCUT2D eigenvalue weighted by Gasteiger charge is -2.26. The third-order valence-corrected chi connectivity index (χ3v) is 4.47. The molecule has 2 rings (SSSR count). The van der Waals surface area contributed by atoms with Crippen LogP contribution in [0.5, 0.6) is 0 Å². The number of amides is 2. The van der Waals surface area contributed by atoms with Gasteiger partial charge in [0.2, 0.25) is 5.91 Å². The number of rotatable bonds is 4. The first-order valence-corrected chi connectivity index (χ1v) is 7.85. The molecule has 1 aliphatic heterocycles. The van der Waals surface area contributed by atoms with Crippen LogP contribution in [-0.4, -0.2) is 42.9 Å². The van der Waals surface area contributed by atoms with Gasteiger partial charge in [0.05, 0.1) is 16.1 Å². The molecule has 1 atom stereocenters. The molecule has 0 aromatic heterocycles. The van der Waals surface area contributed by atoms with Gasteiger partial charge in [-0.15, -0.1) is 12.4 Å². The minimum absolute atomic E-state index is 0. The van der Waals surface area contributed by atoms with Crippen LogP contribution >= 0.6 is 24.0 Å². The predicted molar refractivity (Wildman–Crippen MR) is 95.6 cm³/mol. The number of benzene rings is 1. The van der Waals surface area contributed by atoms with Gasteiger partial charge in [0, 0.05) is 19.8 Å². The third-order valence-electron chi connectivity index (χ3n) is 4.14. The van der Waals surface area contributed by atoms with Gasteiger partial charge < -0.3 is 15.5 Å². The molecule has 0 bridgehead atoms. The molecule has 0 saturated carbocycles. The van der Waals surface area contributed by atoms with Gasteiger partial charge in [-0.05, 0) is 44.0 Å². The van der Waals surface area contributed by atoms with Crippen molar-refractivity contribution in [3.8, 4) is 0 Å². The first kappa shape index (κ1) is 19.7. The Labute approximate surface area is 148 Å². The Morgan fingerprint density at radius 2 is 2.09 bits per heavy atom. The fourth-order valence-corrected chi connectivity index (χ4v) is 2.92. The Balaban J connectivity index is 0.00000264. The molecular formula is C16H23Cl2N3O2. The molecule has 1 unspecified atom stereocenters. The minimum Gasteiger partial charge on any atom is -0.345 e. The van der Waals surface area contributed by atoms with Crippen LogP contribution in [0.1, 0.15) is 36.5 Å². The maximum Gasteiger partial charge on any atom is 0.254 e. The number of nitrogens with one attached hydrogen (secondary N) is 2. The molecule has 1 fully saturated rings. The lowest BCUT2D eigenvalue weighted by atomic mass is 9.93. The number of hydrogen-bond donors (Lipinski definition) is 2. The van der Waals surface area contributed by atoms with Crippen molar-refractivity contribution in [1.29, 1.82) is 0 Å². The van der Waals surface area contributed by atoms with E-state index in [1.807, 2.05) is 6.92 Å². The molecule has 7 heteroatoms. The van der Waals surface area contributed by atoms with Crippen molar-refractivity contribution < 1.29 is 9.59 Å². The quantitative estimate of drug-likeness (QED) is 0.868. The second-order valence-corrected chi connectivity index (χ2v) is 6.22. The van der Waals surface area contributed by atoms with Crippen molar-refractivity contribution in [2.45, 2.75) is 31.7 Å². The highest BCUT2D eigenvalue weighted by atomic mass is 35.5. The summed E-state index contributed by atoms with van der Waals surface area (Å²) in [6.07, 6.45) is 2.55. The summed E-state index contributed by atoms with van der Waals surface area (Å²) in [5.41, 5.74) is 0.460. The Morgan fingerprint density at radius 3 is 2.61 bits per heavy atom. The van der Waals surface area contributed by atoms with Crippen LogP contribution in [-0.2, 0) is 4.79 Å². The van der Waals surface area contributed by atoms with Crippen molar-refractivity contribution in [2.24, 2.45) is 0 Å². The van der Waals surface area contributed by atoms with E-state index in [4.69, 9.17) is 11.6 Å². The van der Waals surface area contributed by atoms with Crippen LogP contribution in [0.4, 0.5) is 5.69 Å². The SMILES string of the molecule is CCC1(C(=O)Nc2ccc(Cl)c(C(=O)N(C)C)c2)CCCN1.Cl. The van der Waals surface area contributed by atoms with E-state index in [9.17, 15) is 9.59 Å². The lowest BCUT2D eigenvalue weighted by molar-refractivity contribution is -0.122. The van der Waals surface area contributed by atoms with Gasteiger partial charge >= 0.3 is 0 Å². The number of nitrogens with zero attached hydrogens (tertiary/aromatic N) is 1. The molecule has 1 aliphatic rings. The van der Waals surface area contributed by atoms with Gasteiger partial charge in [-0.25, -0.2) is 0 Å². The molecular weight excluding hydrogens is 337 g/mol. The molecule has 23 heavy (non-hydrogen) atoms. The molecule has 0 radical (unpaired) electrons. The van der Waals surface area contributed by atoms with E-state index in [1.165, 1.54) is 4.90 Å². The van der Waals surface area contributed by atoms with Crippen molar-refractivity contribution in [2.75, 3.05) is 26.0 Å². The summed E-state index contributed by atoms with van der Waals surface area (Å²) in [6.45, 7) is 2.85. The van der Waals surface area contributed by atoms with E-state index in [0.29, 0.717) is 16.3 Å². The summed E-state index contributed by atoms with van der Waals surface area (Å²) in [5.74, 6) is -0.247. The first-order valence-electron chi connectivity index (χ1n) is 7.47. The monoisotopic (exact) mass is 359 g/mol. The van der Waals surface area contributed by atoms with E-state index in [0.717, 1.165) is 25.8 Å². The Hall–Kier alpha value is -1.30. The van der Waals surface area contributed by atoms with E-state index < -0.39 is 5.54 Å². The third kappa shape index (κ3) is 4.16. The van der Waals surface area contributed by atoms with Crippen molar-refractivity contribution in [3.63, 3.8) is 0 Å². The Kier molecular flexibility index (Phi) is 6.86. The van der Waals surface area contributed by atoms with Gasteiger partial charge in [0.1, 0.15) is 0 Å². The lowest BCUT2D eigenvalue weighted by Crippen LogP contribution is -2.50. The molecule has 2 amide bonds. The molecule has 1 aromatic carbocycles. The molecule has 1 heterocycles. The van der Waals surface area contributed by atoms with Gasteiger partial charge in [-0.1, -0.05) is 18.5 Å². The van der Waals surface area contributed by atoms with Crippen LogP contribution in [0.2, 0.25) is 5.02 Å². The first-order chi connectivity index (χ1) is 10.4. The fraction of sp³-hybridized carbons (Fsp3) is 0.500. The smallest absolute Gasteiger partial charge is 0.254 e. The summed E-state index contributed by atoms with van der Waals surface area (Å²) < 4.78 is 0. The molecule has 0 spiro atoms. The summed E-state index contributed by atoms with van der Waals surface area (Å²) >= 11 is 6.08. The average molecular weight is 360 g/mol. The second-order valence-electron chi connectivity index (χ2n) is 5.81. The van der Waals surface area contributed by atoms with E-state index in [-0.39, 0.29) is 24.2 Å².